The zero-order valence-corrected chi connectivity index (χ0v) is 14.4. The third-order valence-corrected chi connectivity index (χ3v) is 6.24. The summed E-state index contributed by atoms with van der Waals surface area (Å²) in [7, 11) is -3.75. The molecule has 2 aliphatic heterocycles. The van der Waals surface area contributed by atoms with Gasteiger partial charge < -0.3 is 5.73 Å². The maximum atomic E-state index is 12.8. The molecule has 2 aliphatic rings. The number of nitrogens with two attached hydrogens (primary N) is 1. The normalized spacial score (nSPS) is 17.8. The highest BCUT2D eigenvalue weighted by atomic mass is 32.2. The molecule has 0 radical (unpaired) electrons. The minimum absolute atomic E-state index is 0.0779. The Hall–Kier alpha value is -2.85. The lowest BCUT2D eigenvalue weighted by atomic mass is 10.3. The van der Waals surface area contributed by atoms with Gasteiger partial charge in [0.05, 0.1) is 22.8 Å². The van der Waals surface area contributed by atoms with Gasteiger partial charge in [-0.1, -0.05) is 0 Å². The van der Waals surface area contributed by atoms with E-state index in [0.29, 0.717) is 16.9 Å². The third kappa shape index (κ3) is 2.63. The number of carbonyl (C=O) groups excluding carboxylic acids is 2. The highest BCUT2D eigenvalue weighted by Crippen LogP contribution is 2.29. The van der Waals surface area contributed by atoms with E-state index in [0.717, 1.165) is 4.90 Å². The molecule has 0 unspecified atom stereocenters. The Morgan fingerprint density at radius 3 is 2.31 bits per heavy atom. The van der Waals surface area contributed by atoms with Crippen molar-refractivity contribution in [3.8, 4) is 0 Å². The molecule has 2 aromatic rings. The van der Waals surface area contributed by atoms with Crippen LogP contribution in [0.25, 0.3) is 0 Å². The van der Waals surface area contributed by atoms with Gasteiger partial charge in [-0.25, -0.2) is 18.4 Å². The molecule has 2 N–H and O–H groups in total. The second-order valence-electron chi connectivity index (χ2n) is 6.09. The zero-order valence-electron chi connectivity index (χ0n) is 13.6. The first-order valence-corrected chi connectivity index (χ1v) is 9.36. The van der Waals surface area contributed by atoms with Gasteiger partial charge in [0.2, 0.25) is 27.8 Å². The van der Waals surface area contributed by atoms with Gasteiger partial charge in [-0.3, -0.25) is 14.5 Å². The first kappa shape index (κ1) is 16.6. The molecule has 10 heteroatoms. The number of sulfonamides is 1. The van der Waals surface area contributed by atoms with Crippen LogP contribution in [0.4, 0.5) is 11.6 Å². The lowest BCUT2D eigenvalue weighted by Crippen LogP contribution is -2.29. The highest BCUT2D eigenvalue weighted by molar-refractivity contribution is 7.89. The van der Waals surface area contributed by atoms with Crippen LogP contribution in [0.15, 0.2) is 35.4 Å². The number of carbonyl (C=O) groups is 2. The molecule has 26 heavy (non-hydrogen) atoms. The maximum Gasteiger partial charge on any atom is 0.243 e. The van der Waals surface area contributed by atoms with E-state index in [2.05, 4.69) is 9.97 Å². The predicted octanol–water partition coefficient (Wildman–Crippen LogP) is 0.417. The van der Waals surface area contributed by atoms with Gasteiger partial charge in [-0.2, -0.15) is 4.31 Å². The number of hydrogen-bond donors (Lipinski definition) is 1. The van der Waals surface area contributed by atoms with E-state index in [1.807, 2.05) is 0 Å². The number of anilines is 2. The van der Waals surface area contributed by atoms with Crippen molar-refractivity contribution in [3.63, 3.8) is 0 Å². The second kappa shape index (κ2) is 5.85. The fraction of sp³-hybridized carbons (Fsp3) is 0.250. The number of nitrogen functional groups attached to an aromatic ring is 1. The van der Waals surface area contributed by atoms with Crippen molar-refractivity contribution in [2.45, 2.75) is 30.8 Å². The minimum atomic E-state index is -3.75. The number of hydrogen-bond acceptors (Lipinski definition) is 7. The Morgan fingerprint density at radius 1 is 1.00 bits per heavy atom. The second-order valence-corrected chi connectivity index (χ2v) is 8.03. The first-order valence-electron chi connectivity index (χ1n) is 7.92. The third-order valence-electron chi connectivity index (χ3n) is 4.43. The van der Waals surface area contributed by atoms with Crippen LogP contribution in [0.3, 0.4) is 0 Å². The molecule has 0 spiro atoms. The maximum absolute atomic E-state index is 12.8. The summed E-state index contributed by atoms with van der Waals surface area (Å²) in [4.78, 5) is 32.7. The van der Waals surface area contributed by atoms with Crippen molar-refractivity contribution in [2.24, 2.45) is 0 Å². The Kier molecular flexibility index (Phi) is 3.74. The number of rotatable bonds is 3. The number of aromatic nitrogens is 2. The minimum Gasteiger partial charge on any atom is -0.368 e. The van der Waals surface area contributed by atoms with Crippen molar-refractivity contribution < 1.29 is 18.0 Å². The van der Waals surface area contributed by atoms with E-state index < -0.39 is 10.0 Å². The molecule has 1 aromatic carbocycles. The van der Waals surface area contributed by atoms with Crippen LogP contribution in [0, 0.1) is 0 Å². The zero-order chi connectivity index (χ0) is 18.5. The fourth-order valence-electron chi connectivity index (χ4n) is 3.09. The molecular formula is C16H15N5O4S. The van der Waals surface area contributed by atoms with Crippen LogP contribution in [-0.2, 0) is 32.7 Å². The van der Waals surface area contributed by atoms with E-state index in [-0.39, 0.29) is 48.6 Å². The van der Waals surface area contributed by atoms with E-state index in [9.17, 15) is 18.0 Å². The summed E-state index contributed by atoms with van der Waals surface area (Å²) >= 11 is 0. The van der Waals surface area contributed by atoms with Crippen LogP contribution in [0.5, 0.6) is 0 Å². The van der Waals surface area contributed by atoms with Crippen LogP contribution in [0.2, 0.25) is 0 Å². The van der Waals surface area contributed by atoms with Crippen LogP contribution < -0.4 is 10.6 Å². The topological polar surface area (TPSA) is 127 Å². The van der Waals surface area contributed by atoms with Gasteiger partial charge in [0.1, 0.15) is 0 Å². The van der Waals surface area contributed by atoms with Gasteiger partial charge in [0.15, 0.2) is 0 Å². The summed E-state index contributed by atoms with van der Waals surface area (Å²) < 4.78 is 27.0. The lowest BCUT2D eigenvalue weighted by molar-refractivity contribution is -0.121. The van der Waals surface area contributed by atoms with Gasteiger partial charge in [-0.15, -0.1) is 0 Å². The number of nitrogens with zero attached hydrogens (tertiary/aromatic N) is 4. The van der Waals surface area contributed by atoms with Gasteiger partial charge in [-0.05, 0) is 24.3 Å². The number of benzene rings is 1. The molecular weight excluding hydrogens is 358 g/mol. The highest BCUT2D eigenvalue weighted by Gasteiger charge is 2.33. The van der Waals surface area contributed by atoms with Crippen LogP contribution in [-0.4, -0.2) is 34.5 Å². The molecule has 2 amide bonds. The van der Waals surface area contributed by atoms with E-state index >= 15 is 0 Å². The smallest absolute Gasteiger partial charge is 0.243 e. The summed E-state index contributed by atoms with van der Waals surface area (Å²) in [6.07, 6.45) is 1.88. The van der Waals surface area contributed by atoms with E-state index in [1.165, 1.54) is 34.8 Å². The molecule has 0 saturated carbocycles. The summed E-state index contributed by atoms with van der Waals surface area (Å²) in [6, 6.07) is 5.73. The van der Waals surface area contributed by atoms with Gasteiger partial charge in [0.25, 0.3) is 0 Å². The SMILES string of the molecule is Nc1ncc2c(n1)CN(S(=O)(=O)c1ccc(N3C(=O)CCC3=O)cc1)C2. The summed E-state index contributed by atoms with van der Waals surface area (Å²) in [6.45, 7) is 0.290. The van der Waals surface area contributed by atoms with Crippen molar-refractivity contribution in [1.82, 2.24) is 14.3 Å². The van der Waals surface area contributed by atoms with Crippen molar-refractivity contribution >= 4 is 33.5 Å². The largest absolute Gasteiger partial charge is 0.368 e. The Labute approximate surface area is 149 Å². The van der Waals surface area contributed by atoms with E-state index in [1.54, 1.807) is 0 Å². The summed E-state index contributed by atoms with van der Waals surface area (Å²) in [5.74, 6) is -0.458. The van der Waals surface area contributed by atoms with Gasteiger partial charge >= 0.3 is 0 Å². The average Bonchev–Trinajstić information content (AvgIpc) is 3.18. The quantitative estimate of drug-likeness (QED) is 0.772. The fourth-order valence-corrected chi connectivity index (χ4v) is 4.47. The molecule has 3 heterocycles. The van der Waals surface area contributed by atoms with Crippen LogP contribution in [0.1, 0.15) is 24.1 Å². The molecule has 0 atom stereocenters. The molecule has 1 saturated heterocycles. The molecule has 9 nitrogen and oxygen atoms in total. The summed E-state index contributed by atoms with van der Waals surface area (Å²) in [5, 5.41) is 0. The Bertz CT molecular complexity index is 1000. The lowest BCUT2D eigenvalue weighted by Gasteiger charge is -2.17. The monoisotopic (exact) mass is 373 g/mol. The number of imide groups is 1. The van der Waals surface area contributed by atoms with E-state index in [4.69, 9.17) is 5.73 Å². The summed E-state index contributed by atoms with van der Waals surface area (Å²) in [5.41, 5.74) is 7.22. The Balaban J connectivity index is 1.59. The molecule has 1 fully saturated rings. The molecule has 4 rings (SSSR count). The van der Waals surface area contributed by atoms with Crippen LogP contribution >= 0.6 is 0 Å². The molecule has 0 aliphatic carbocycles. The molecule has 1 aromatic heterocycles. The molecule has 134 valence electrons. The predicted molar refractivity (Wildman–Crippen MR) is 91.0 cm³/mol. The van der Waals surface area contributed by atoms with Crippen molar-refractivity contribution in [1.29, 1.82) is 0 Å². The van der Waals surface area contributed by atoms with Crippen molar-refractivity contribution in [3.05, 3.63) is 41.7 Å². The van der Waals surface area contributed by atoms with Gasteiger partial charge in [0, 0.05) is 31.1 Å². The average molecular weight is 373 g/mol. The van der Waals surface area contributed by atoms with Crippen molar-refractivity contribution in [2.75, 3.05) is 10.6 Å². The molecule has 0 bridgehead atoms. The Morgan fingerprint density at radius 2 is 1.65 bits per heavy atom. The first-order chi connectivity index (χ1) is 12.4. The number of amides is 2. The number of fused-ring (bicyclic) bond motifs is 1. The standard InChI is InChI=1S/C16H15N5O4S/c17-16-18-7-10-8-20(9-13(10)19-16)26(24,25)12-3-1-11(2-4-12)21-14(22)5-6-15(21)23/h1-4,7H,5-6,8-9H2,(H2,17,18,19).